The van der Waals surface area contributed by atoms with Gasteiger partial charge in [0.05, 0.1) is 11.5 Å². The van der Waals surface area contributed by atoms with Crippen LogP contribution in [0.15, 0.2) is 23.1 Å². The van der Waals surface area contributed by atoms with Gasteiger partial charge in [-0.3, -0.25) is 0 Å². The minimum absolute atomic E-state index is 0.229. The second kappa shape index (κ2) is 7.12. The summed E-state index contributed by atoms with van der Waals surface area (Å²) in [5.74, 6) is 0. The van der Waals surface area contributed by atoms with E-state index in [4.69, 9.17) is 22.7 Å². The molecule has 1 aromatic rings. The molecule has 0 aromatic heterocycles. The van der Waals surface area contributed by atoms with Crippen molar-refractivity contribution in [1.82, 2.24) is 4.72 Å². The van der Waals surface area contributed by atoms with E-state index in [0.717, 1.165) is 0 Å². The molecule has 1 atom stereocenters. The number of methoxy groups -OCH3 is 1. The predicted octanol–water partition coefficient (Wildman–Crippen LogP) is 1.33. The molecule has 20 heavy (non-hydrogen) atoms. The number of hydrogen-bond acceptors (Lipinski definition) is 4. The van der Waals surface area contributed by atoms with Crippen LogP contribution in [-0.2, 0) is 14.8 Å². The molecular formula is C13H20N2O3S2. The van der Waals surface area contributed by atoms with E-state index in [-0.39, 0.29) is 15.9 Å². The minimum atomic E-state index is -3.58. The molecule has 1 rings (SSSR count). The quantitative estimate of drug-likeness (QED) is 0.742. The number of rotatable bonds is 7. The number of thiocarbonyl (C=S) groups is 1. The Labute approximate surface area is 125 Å². The Morgan fingerprint density at radius 3 is 2.60 bits per heavy atom. The summed E-state index contributed by atoms with van der Waals surface area (Å²) in [4.78, 5) is 0.475. The van der Waals surface area contributed by atoms with Gasteiger partial charge in [0.25, 0.3) is 0 Å². The number of benzene rings is 1. The van der Waals surface area contributed by atoms with Gasteiger partial charge in [-0.05, 0) is 31.0 Å². The zero-order valence-corrected chi connectivity index (χ0v) is 13.5. The van der Waals surface area contributed by atoms with E-state index in [9.17, 15) is 8.42 Å². The highest BCUT2D eigenvalue weighted by atomic mass is 32.2. The summed E-state index contributed by atoms with van der Waals surface area (Å²) in [6, 6.07) is 4.56. The third kappa shape index (κ3) is 4.24. The first-order valence-electron chi connectivity index (χ1n) is 6.23. The number of hydrogen-bond donors (Lipinski definition) is 2. The Hall–Kier alpha value is -1.02. The lowest BCUT2D eigenvalue weighted by molar-refractivity contribution is 0.173. The molecule has 0 aliphatic rings. The molecule has 0 saturated carbocycles. The van der Waals surface area contributed by atoms with Gasteiger partial charge in [0, 0.05) is 18.7 Å². The van der Waals surface area contributed by atoms with Crippen LogP contribution < -0.4 is 10.5 Å². The monoisotopic (exact) mass is 316 g/mol. The van der Waals surface area contributed by atoms with Crippen molar-refractivity contribution in [1.29, 1.82) is 0 Å². The third-order valence-electron chi connectivity index (χ3n) is 2.93. The standard InChI is InChI=1S/C13H20N2O3S2/c1-4-11(8-18-3)15-20(16,17)12-6-5-10(13(14)19)7-9(12)2/h5-7,11,15H,4,8H2,1-3H3,(H2,14,19). The summed E-state index contributed by atoms with van der Waals surface area (Å²) in [7, 11) is -2.04. The summed E-state index contributed by atoms with van der Waals surface area (Å²) in [6.07, 6.45) is 0.650. The molecule has 0 heterocycles. The molecular weight excluding hydrogens is 296 g/mol. The van der Waals surface area contributed by atoms with Crippen LogP contribution in [0, 0.1) is 6.92 Å². The molecule has 0 spiro atoms. The number of sulfonamides is 1. The van der Waals surface area contributed by atoms with E-state index in [1.165, 1.54) is 6.07 Å². The van der Waals surface area contributed by atoms with Gasteiger partial charge in [-0.2, -0.15) is 0 Å². The smallest absolute Gasteiger partial charge is 0.241 e. The van der Waals surface area contributed by atoms with Gasteiger partial charge in [-0.15, -0.1) is 0 Å². The van der Waals surface area contributed by atoms with Crippen LogP contribution in [0.5, 0.6) is 0 Å². The van der Waals surface area contributed by atoms with Crippen molar-refractivity contribution in [3.05, 3.63) is 29.3 Å². The molecule has 0 fully saturated rings. The van der Waals surface area contributed by atoms with Crippen molar-refractivity contribution in [2.24, 2.45) is 5.73 Å². The summed E-state index contributed by atoms with van der Waals surface area (Å²) >= 11 is 4.88. The second-order valence-corrected chi connectivity index (χ2v) is 6.65. The van der Waals surface area contributed by atoms with Gasteiger partial charge in [0.2, 0.25) is 10.0 Å². The van der Waals surface area contributed by atoms with Crippen LogP contribution in [0.3, 0.4) is 0 Å². The number of aryl methyl sites for hydroxylation is 1. The Morgan fingerprint density at radius 2 is 2.15 bits per heavy atom. The fourth-order valence-electron chi connectivity index (χ4n) is 1.82. The van der Waals surface area contributed by atoms with Crippen LogP contribution in [0.25, 0.3) is 0 Å². The molecule has 0 saturated heterocycles. The van der Waals surface area contributed by atoms with Crippen molar-refractivity contribution in [2.45, 2.75) is 31.2 Å². The lowest BCUT2D eigenvalue weighted by Crippen LogP contribution is -2.37. The van der Waals surface area contributed by atoms with Crippen molar-refractivity contribution in [3.63, 3.8) is 0 Å². The SMILES string of the molecule is CCC(COC)NS(=O)(=O)c1ccc(C(N)=S)cc1C. The maximum Gasteiger partial charge on any atom is 0.241 e. The Balaban J connectivity index is 3.06. The Bertz CT molecular complexity index is 585. The Kier molecular flexibility index (Phi) is 6.07. The highest BCUT2D eigenvalue weighted by Gasteiger charge is 2.21. The summed E-state index contributed by atoms with van der Waals surface area (Å²) in [5, 5.41) is 0. The lowest BCUT2D eigenvalue weighted by Gasteiger charge is -2.17. The van der Waals surface area contributed by atoms with E-state index in [1.807, 2.05) is 6.92 Å². The average molecular weight is 316 g/mol. The van der Waals surface area contributed by atoms with Crippen LogP contribution in [0.1, 0.15) is 24.5 Å². The molecule has 112 valence electrons. The third-order valence-corrected chi connectivity index (χ3v) is 4.85. The molecule has 5 nitrogen and oxygen atoms in total. The molecule has 0 aliphatic heterocycles. The van der Waals surface area contributed by atoms with Gasteiger partial charge >= 0.3 is 0 Å². The zero-order chi connectivity index (χ0) is 15.3. The predicted molar refractivity (Wildman–Crippen MR) is 83.3 cm³/mol. The van der Waals surface area contributed by atoms with Crippen molar-refractivity contribution in [3.8, 4) is 0 Å². The topological polar surface area (TPSA) is 81.4 Å². The van der Waals surface area contributed by atoms with Crippen LogP contribution in [0.2, 0.25) is 0 Å². The maximum absolute atomic E-state index is 12.3. The fraction of sp³-hybridized carbons (Fsp3) is 0.462. The van der Waals surface area contributed by atoms with Gasteiger partial charge < -0.3 is 10.5 Å². The Morgan fingerprint density at radius 1 is 1.50 bits per heavy atom. The summed E-state index contributed by atoms with van der Waals surface area (Å²) in [5.41, 5.74) is 6.79. The van der Waals surface area contributed by atoms with Crippen LogP contribution >= 0.6 is 12.2 Å². The second-order valence-electron chi connectivity index (χ2n) is 4.53. The van der Waals surface area contributed by atoms with Crippen molar-refractivity contribution in [2.75, 3.05) is 13.7 Å². The van der Waals surface area contributed by atoms with Crippen molar-refractivity contribution >= 4 is 27.2 Å². The van der Waals surface area contributed by atoms with E-state index in [1.54, 1.807) is 26.2 Å². The fourth-order valence-corrected chi connectivity index (χ4v) is 3.48. The highest BCUT2D eigenvalue weighted by Crippen LogP contribution is 2.17. The first-order valence-corrected chi connectivity index (χ1v) is 8.12. The van der Waals surface area contributed by atoms with E-state index in [0.29, 0.717) is 24.2 Å². The molecule has 0 amide bonds. The maximum atomic E-state index is 12.3. The molecule has 1 unspecified atom stereocenters. The first kappa shape index (κ1) is 17.0. The largest absolute Gasteiger partial charge is 0.389 e. The zero-order valence-electron chi connectivity index (χ0n) is 11.8. The minimum Gasteiger partial charge on any atom is -0.389 e. The molecule has 7 heteroatoms. The van der Waals surface area contributed by atoms with E-state index < -0.39 is 10.0 Å². The lowest BCUT2D eigenvalue weighted by atomic mass is 10.1. The van der Waals surface area contributed by atoms with Gasteiger partial charge in [0.1, 0.15) is 4.99 Å². The highest BCUT2D eigenvalue weighted by molar-refractivity contribution is 7.89. The first-order chi connectivity index (χ1) is 9.31. The summed E-state index contributed by atoms with van der Waals surface area (Å²) < 4.78 is 32.3. The molecule has 1 aromatic carbocycles. The van der Waals surface area contributed by atoms with Crippen LogP contribution in [-0.4, -0.2) is 33.2 Å². The van der Waals surface area contributed by atoms with E-state index >= 15 is 0 Å². The van der Waals surface area contributed by atoms with Gasteiger partial charge in [-0.25, -0.2) is 13.1 Å². The molecule has 3 N–H and O–H groups in total. The van der Waals surface area contributed by atoms with Crippen molar-refractivity contribution < 1.29 is 13.2 Å². The van der Waals surface area contributed by atoms with Gasteiger partial charge in [-0.1, -0.05) is 25.2 Å². The number of nitrogens with two attached hydrogens (primary N) is 1. The number of ether oxygens (including phenoxy) is 1. The summed E-state index contributed by atoms with van der Waals surface area (Å²) in [6.45, 7) is 3.95. The number of nitrogens with one attached hydrogen (secondary N) is 1. The normalized spacial score (nSPS) is 13.2. The molecule has 0 bridgehead atoms. The molecule has 0 aliphatic carbocycles. The van der Waals surface area contributed by atoms with Crippen LogP contribution in [0.4, 0.5) is 0 Å². The van der Waals surface area contributed by atoms with Gasteiger partial charge in [0.15, 0.2) is 0 Å². The van der Waals surface area contributed by atoms with E-state index in [2.05, 4.69) is 4.72 Å². The molecule has 0 radical (unpaired) electrons. The average Bonchev–Trinajstić information content (AvgIpc) is 2.37.